The van der Waals surface area contributed by atoms with Gasteiger partial charge in [-0.3, -0.25) is 4.55 Å². The Bertz CT molecular complexity index is 597. The Morgan fingerprint density at radius 1 is 0.923 bits per heavy atom. The largest absolute Gasteiger partial charge is 0.345 e. The van der Waals surface area contributed by atoms with E-state index in [1.807, 2.05) is 19.1 Å². The molecule has 1 aromatic carbocycles. The minimum atomic E-state index is -4.22. The van der Waals surface area contributed by atoms with Gasteiger partial charge in [-0.15, -0.1) is 0 Å². The summed E-state index contributed by atoms with van der Waals surface area (Å²) >= 11 is 0. The summed E-state index contributed by atoms with van der Waals surface area (Å²) in [6.45, 7) is 7.01. The highest BCUT2D eigenvalue weighted by Crippen LogP contribution is 2.21. The van der Waals surface area contributed by atoms with Gasteiger partial charge in [-0.05, 0) is 44.7 Å². The summed E-state index contributed by atoms with van der Waals surface area (Å²) in [5, 5.41) is 0. The molecule has 0 aliphatic heterocycles. The van der Waals surface area contributed by atoms with E-state index in [0.29, 0.717) is 0 Å². The van der Waals surface area contributed by atoms with Crippen LogP contribution in [0, 0.1) is 0 Å². The molecule has 6 heteroatoms. The van der Waals surface area contributed by atoms with Gasteiger partial charge >= 0.3 is 0 Å². The molecule has 1 N–H and O–H groups in total. The minimum Gasteiger partial charge on any atom is -0.345 e. The summed E-state index contributed by atoms with van der Waals surface area (Å²) < 4.78 is 41.8. The maximum atomic E-state index is 11.0. The molecule has 3 unspecified atom stereocenters. The Morgan fingerprint density at radius 2 is 1.50 bits per heavy atom. The van der Waals surface area contributed by atoms with Crippen molar-refractivity contribution in [2.75, 3.05) is 0 Å². The molecule has 0 aliphatic carbocycles. The Balaban J connectivity index is 2.39. The highest BCUT2D eigenvalue weighted by atomic mass is 32.2. The quantitative estimate of drug-likeness (QED) is 0.284. The first kappa shape index (κ1) is 23.1. The second kappa shape index (κ2) is 11.7. The molecule has 1 rings (SSSR count). The zero-order chi connectivity index (χ0) is 19.6. The average molecular weight is 387 g/mol. The number of ether oxygens (including phenoxy) is 2. The van der Waals surface area contributed by atoms with Crippen molar-refractivity contribution < 1.29 is 22.4 Å². The molecular weight excluding hydrogens is 352 g/mol. The number of hydrogen-bond acceptors (Lipinski definition) is 4. The van der Waals surface area contributed by atoms with E-state index in [1.54, 1.807) is 6.92 Å². The summed E-state index contributed by atoms with van der Waals surface area (Å²) in [5.41, 5.74) is 1.01. The van der Waals surface area contributed by atoms with E-state index in [1.165, 1.54) is 51.0 Å². The topological polar surface area (TPSA) is 72.8 Å². The molecule has 150 valence electrons. The Hall–Kier alpha value is -0.950. The first-order valence-electron chi connectivity index (χ1n) is 9.60. The lowest BCUT2D eigenvalue weighted by Gasteiger charge is -2.22. The highest BCUT2D eigenvalue weighted by molar-refractivity contribution is 7.86. The lowest BCUT2D eigenvalue weighted by Crippen LogP contribution is -2.27. The summed E-state index contributed by atoms with van der Waals surface area (Å²) in [4.78, 5) is 0. The van der Waals surface area contributed by atoms with Crippen LogP contribution in [0.4, 0.5) is 0 Å². The number of rotatable bonds is 13. The second-order valence-electron chi connectivity index (χ2n) is 6.82. The molecule has 0 heterocycles. The molecule has 0 radical (unpaired) electrons. The van der Waals surface area contributed by atoms with E-state index in [0.717, 1.165) is 12.0 Å². The first-order chi connectivity index (χ1) is 12.2. The van der Waals surface area contributed by atoms with Crippen LogP contribution in [0.5, 0.6) is 0 Å². The van der Waals surface area contributed by atoms with Gasteiger partial charge in [0, 0.05) is 0 Å². The van der Waals surface area contributed by atoms with Gasteiger partial charge in [0.05, 0.1) is 6.10 Å². The molecule has 1 aromatic rings. The highest BCUT2D eigenvalue weighted by Gasteiger charge is 2.22. The van der Waals surface area contributed by atoms with Crippen LogP contribution in [0.1, 0.15) is 83.5 Å². The molecule has 5 nitrogen and oxygen atoms in total. The maximum absolute atomic E-state index is 11.0. The van der Waals surface area contributed by atoms with Crippen LogP contribution in [-0.4, -0.2) is 24.7 Å². The molecule has 3 atom stereocenters. The van der Waals surface area contributed by atoms with Crippen LogP contribution in [0.3, 0.4) is 0 Å². The normalized spacial score (nSPS) is 15.6. The predicted octanol–water partition coefficient (Wildman–Crippen LogP) is 5.26. The van der Waals surface area contributed by atoms with Gasteiger partial charge < -0.3 is 9.47 Å². The number of unbranched alkanes of at least 4 members (excludes halogenated alkanes) is 5. The standard InChI is InChI=1S/C20H34O5S/c1-5-6-7-8-9-10-11-19-12-14-20(15-13-19)16(2)24-17(3)25-18(4)26(21,22)23/h12-18H,5-11H2,1-4H3,(H,21,22,23). The number of hydrogen-bond donors (Lipinski definition) is 1. The van der Waals surface area contributed by atoms with Crippen molar-refractivity contribution in [2.45, 2.75) is 90.5 Å². The molecule has 0 saturated carbocycles. The zero-order valence-corrected chi connectivity index (χ0v) is 17.3. The first-order valence-corrected chi connectivity index (χ1v) is 11.1. The molecule has 0 aromatic heterocycles. The molecule has 0 saturated heterocycles. The van der Waals surface area contributed by atoms with E-state index >= 15 is 0 Å². The van der Waals surface area contributed by atoms with Gasteiger partial charge in [0.15, 0.2) is 11.7 Å². The maximum Gasteiger partial charge on any atom is 0.292 e. The zero-order valence-electron chi connectivity index (χ0n) is 16.5. The van der Waals surface area contributed by atoms with Crippen LogP contribution in [0.15, 0.2) is 24.3 Å². The molecule has 0 aliphatic rings. The third-order valence-electron chi connectivity index (χ3n) is 4.47. The molecule has 0 amide bonds. The number of aryl methyl sites for hydroxylation is 1. The monoisotopic (exact) mass is 386 g/mol. The van der Waals surface area contributed by atoms with Crippen molar-refractivity contribution >= 4 is 10.1 Å². The van der Waals surface area contributed by atoms with Crippen molar-refractivity contribution in [3.63, 3.8) is 0 Å². The summed E-state index contributed by atoms with van der Waals surface area (Å²) in [7, 11) is -4.22. The van der Waals surface area contributed by atoms with Gasteiger partial charge in [0.1, 0.15) is 0 Å². The number of benzene rings is 1. The fourth-order valence-electron chi connectivity index (χ4n) is 2.80. The van der Waals surface area contributed by atoms with E-state index in [2.05, 4.69) is 19.1 Å². The van der Waals surface area contributed by atoms with E-state index in [4.69, 9.17) is 14.0 Å². The minimum absolute atomic E-state index is 0.235. The van der Waals surface area contributed by atoms with Gasteiger partial charge in [-0.2, -0.15) is 8.42 Å². The third kappa shape index (κ3) is 9.12. The lowest BCUT2D eigenvalue weighted by molar-refractivity contribution is -0.164. The smallest absolute Gasteiger partial charge is 0.292 e. The van der Waals surface area contributed by atoms with E-state index in [9.17, 15) is 8.42 Å². The van der Waals surface area contributed by atoms with Crippen molar-refractivity contribution in [1.82, 2.24) is 0 Å². The van der Waals surface area contributed by atoms with Crippen LogP contribution < -0.4 is 0 Å². The van der Waals surface area contributed by atoms with Crippen LogP contribution in [0.25, 0.3) is 0 Å². The summed E-state index contributed by atoms with van der Waals surface area (Å²) in [5.74, 6) is 0. The molecular formula is C20H34O5S. The van der Waals surface area contributed by atoms with Crippen LogP contribution >= 0.6 is 0 Å². The molecule has 0 spiro atoms. The van der Waals surface area contributed by atoms with Crippen molar-refractivity contribution in [1.29, 1.82) is 0 Å². The Morgan fingerprint density at radius 3 is 2.08 bits per heavy atom. The van der Waals surface area contributed by atoms with Gasteiger partial charge in [0.25, 0.3) is 10.1 Å². The van der Waals surface area contributed by atoms with Gasteiger partial charge in [0.2, 0.25) is 0 Å². The lowest BCUT2D eigenvalue weighted by atomic mass is 10.0. The fraction of sp³-hybridized carbons (Fsp3) is 0.700. The van der Waals surface area contributed by atoms with Crippen molar-refractivity contribution in [2.24, 2.45) is 0 Å². The Kier molecular flexibility index (Phi) is 10.4. The van der Waals surface area contributed by atoms with Gasteiger partial charge in [-0.1, -0.05) is 63.3 Å². The van der Waals surface area contributed by atoms with Crippen LogP contribution in [-0.2, 0) is 26.0 Å². The molecule has 0 bridgehead atoms. The molecule has 0 fully saturated rings. The third-order valence-corrected chi connectivity index (χ3v) is 5.42. The summed E-state index contributed by atoms with van der Waals surface area (Å²) in [6, 6.07) is 8.31. The van der Waals surface area contributed by atoms with Crippen molar-refractivity contribution in [3.05, 3.63) is 35.4 Å². The summed E-state index contributed by atoms with van der Waals surface area (Å²) in [6.07, 6.45) is 7.86. The van der Waals surface area contributed by atoms with E-state index in [-0.39, 0.29) is 6.10 Å². The van der Waals surface area contributed by atoms with Crippen LogP contribution in [0.2, 0.25) is 0 Å². The fourth-order valence-corrected chi connectivity index (χ4v) is 3.10. The SMILES string of the molecule is CCCCCCCCc1ccc(C(C)OC(C)OC(C)S(=O)(=O)O)cc1. The predicted molar refractivity (Wildman–Crippen MR) is 105 cm³/mol. The van der Waals surface area contributed by atoms with E-state index < -0.39 is 21.8 Å². The van der Waals surface area contributed by atoms with Gasteiger partial charge in [-0.25, -0.2) is 0 Å². The van der Waals surface area contributed by atoms with Crippen molar-refractivity contribution in [3.8, 4) is 0 Å². The average Bonchev–Trinajstić information content (AvgIpc) is 2.57. The second-order valence-corrected chi connectivity index (χ2v) is 8.52. The Labute approximate surface area is 158 Å². The molecule has 26 heavy (non-hydrogen) atoms.